The van der Waals surface area contributed by atoms with Gasteiger partial charge in [0.2, 0.25) is 5.91 Å². The van der Waals surface area contributed by atoms with Crippen LogP contribution < -0.4 is 15.7 Å². The molecule has 2 aromatic carbocycles. The maximum Gasteiger partial charge on any atom is 0.344 e. The Morgan fingerprint density at radius 2 is 1.90 bits per heavy atom. The molecule has 2 heterocycles. The average molecular weight is 387 g/mol. The van der Waals surface area contributed by atoms with Gasteiger partial charge in [-0.3, -0.25) is 4.79 Å². The number of hydrogen-bond acceptors (Lipinski definition) is 5. The second-order valence-corrected chi connectivity index (χ2v) is 6.24. The molecule has 29 heavy (non-hydrogen) atoms. The van der Waals surface area contributed by atoms with Gasteiger partial charge in [-0.05, 0) is 42.5 Å². The van der Waals surface area contributed by atoms with E-state index in [-0.39, 0.29) is 5.91 Å². The lowest BCUT2D eigenvalue weighted by atomic mass is 10.0. The Labute approximate surface area is 166 Å². The largest absolute Gasteiger partial charge is 0.496 e. The number of hydrogen-bond donors (Lipinski definition) is 1. The number of carbonyl (C=O) groups excluding carboxylic acids is 1. The Bertz CT molecular complexity index is 1250. The molecule has 0 atom stereocenters. The van der Waals surface area contributed by atoms with Gasteiger partial charge in [-0.1, -0.05) is 18.2 Å². The predicted octanol–water partition coefficient (Wildman–Crippen LogP) is 4.71. The first-order chi connectivity index (χ1) is 14.1. The van der Waals surface area contributed by atoms with Crippen LogP contribution in [0, 0.1) is 0 Å². The van der Waals surface area contributed by atoms with Gasteiger partial charge in [-0.25, -0.2) is 4.79 Å². The maximum atomic E-state index is 12.5. The van der Waals surface area contributed by atoms with E-state index >= 15 is 0 Å². The van der Waals surface area contributed by atoms with Crippen LogP contribution in [0.5, 0.6) is 5.75 Å². The van der Waals surface area contributed by atoms with Crippen molar-refractivity contribution < 1.29 is 18.4 Å². The van der Waals surface area contributed by atoms with E-state index in [0.29, 0.717) is 33.9 Å². The van der Waals surface area contributed by atoms with Crippen molar-refractivity contribution in [3.8, 4) is 16.9 Å². The van der Waals surface area contributed by atoms with Gasteiger partial charge in [0, 0.05) is 28.8 Å². The summed E-state index contributed by atoms with van der Waals surface area (Å²) in [6, 6.07) is 17.6. The van der Waals surface area contributed by atoms with Crippen LogP contribution in [0.3, 0.4) is 0 Å². The van der Waals surface area contributed by atoms with Crippen LogP contribution >= 0.6 is 0 Å². The van der Waals surface area contributed by atoms with Gasteiger partial charge < -0.3 is 18.9 Å². The minimum atomic E-state index is -0.458. The monoisotopic (exact) mass is 387 g/mol. The van der Waals surface area contributed by atoms with Crippen molar-refractivity contribution in [1.82, 2.24) is 0 Å². The number of para-hydroxylation sites is 1. The SMILES string of the molecule is COc1cc(NC(=O)/C=C\c2ccco2)ccc1-c1cc2ccccc2oc1=O. The first kappa shape index (κ1) is 18.3. The predicted molar refractivity (Wildman–Crippen MR) is 111 cm³/mol. The molecule has 6 nitrogen and oxygen atoms in total. The molecule has 1 N–H and O–H groups in total. The van der Waals surface area contributed by atoms with Gasteiger partial charge in [-0.15, -0.1) is 0 Å². The third-order valence-corrected chi connectivity index (χ3v) is 4.34. The van der Waals surface area contributed by atoms with E-state index in [9.17, 15) is 9.59 Å². The Morgan fingerprint density at radius 1 is 1.03 bits per heavy atom. The number of methoxy groups -OCH3 is 1. The minimum Gasteiger partial charge on any atom is -0.496 e. The Kier molecular flexibility index (Phi) is 4.99. The van der Waals surface area contributed by atoms with E-state index in [1.807, 2.05) is 18.2 Å². The van der Waals surface area contributed by atoms with Crippen LogP contribution in [0.15, 0.2) is 86.6 Å². The molecule has 144 valence electrons. The summed E-state index contributed by atoms with van der Waals surface area (Å²) in [5, 5.41) is 3.56. The maximum absolute atomic E-state index is 12.5. The molecule has 4 rings (SSSR count). The summed E-state index contributed by atoms with van der Waals surface area (Å²) in [7, 11) is 1.50. The van der Waals surface area contributed by atoms with Crippen molar-refractivity contribution in [2.75, 3.05) is 12.4 Å². The standard InChI is InChI=1S/C23H17NO5/c1-27-21-14-16(24-22(25)11-9-17-6-4-12-28-17)8-10-18(21)19-13-15-5-2-3-7-20(15)29-23(19)26/h2-14H,1H3,(H,24,25)/b11-9-. The van der Waals surface area contributed by atoms with Crippen LogP contribution in [-0.2, 0) is 4.79 Å². The smallest absolute Gasteiger partial charge is 0.344 e. The molecule has 0 spiro atoms. The molecule has 0 aliphatic carbocycles. The molecule has 0 bridgehead atoms. The third kappa shape index (κ3) is 3.96. The number of anilines is 1. The highest BCUT2D eigenvalue weighted by atomic mass is 16.5. The lowest BCUT2D eigenvalue weighted by Gasteiger charge is -2.11. The summed E-state index contributed by atoms with van der Waals surface area (Å²) in [4.78, 5) is 24.6. The van der Waals surface area contributed by atoms with Gasteiger partial charge in [0.25, 0.3) is 0 Å². The molecule has 2 aromatic heterocycles. The number of rotatable bonds is 5. The lowest BCUT2D eigenvalue weighted by molar-refractivity contribution is -0.111. The zero-order valence-electron chi connectivity index (χ0n) is 15.5. The van der Waals surface area contributed by atoms with E-state index in [4.69, 9.17) is 13.6 Å². The molecule has 0 radical (unpaired) electrons. The molecule has 1 amide bonds. The summed E-state index contributed by atoms with van der Waals surface area (Å²) in [5.41, 5.74) is 1.56. The van der Waals surface area contributed by atoms with Gasteiger partial charge in [0.05, 0.1) is 18.9 Å². The van der Waals surface area contributed by atoms with E-state index < -0.39 is 5.63 Å². The molecule has 0 saturated carbocycles. The molecule has 0 aliphatic heterocycles. The molecule has 0 saturated heterocycles. The van der Waals surface area contributed by atoms with E-state index in [1.54, 1.807) is 48.5 Å². The van der Waals surface area contributed by atoms with Crippen LogP contribution in [-0.4, -0.2) is 13.0 Å². The van der Waals surface area contributed by atoms with Crippen LogP contribution in [0.2, 0.25) is 0 Å². The first-order valence-electron chi connectivity index (χ1n) is 8.88. The van der Waals surface area contributed by atoms with E-state index in [0.717, 1.165) is 5.39 Å². The zero-order chi connectivity index (χ0) is 20.2. The lowest BCUT2D eigenvalue weighted by Crippen LogP contribution is -2.08. The molecule has 4 aromatic rings. The summed E-state index contributed by atoms with van der Waals surface area (Å²) in [6.07, 6.45) is 4.48. The average Bonchev–Trinajstić information content (AvgIpc) is 3.25. The van der Waals surface area contributed by atoms with E-state index in [1.165, 1.54) is 19.4 Å². The fraction of sp³-hybridized carbons (Fsp3) is 0.0435. The number of ether oxygens (including phenoxy) is 1. The summed E-state index contributed by atoms with van der Waals surface area (Å²) in [5.74, 6) is 0.706. The highest BCUT2D eigenvalue weighted by Crippen LogP contribution is 2.32. The van der Waals surface area contributed by atoms with Crippen molar-refractivity contribution in [3.05, 3.63) is 89.2 Å². The number of fused-ring (bicyclic) bond motifs is 1. The van der Waals surface area contributed by atoms with Crippen LogP contribution in [0.1, 0.15) is 5.76 Å². The number of benzene rings is 2. The minimum absolute atomic E-state index is 0.318. The summed E-state index contributed by atoms with van der Waals surface area (Å²) >= 11 is 0. The van der Waals surface area contributed by atoms with Crippen molar-refractivity contribution in [2.45, 2.75) is 0 Å². The molecule has 0 unspecified atom stereocenters. The Morgan fingerprint density at radius 3 is 2.69 bits per heavy atom. The molecular weight excluding hydrogens is 370 g/mol. The topological polar surface area (TPSA) is 81.7 Å². The quantitative estimate of drug-likeness (QED) is 0.396. The van der Waals surface area contributed by atoms with Crippen molar-refractivity contribution in [3.63, 3.8) is 0 Å². The van der Waals surface area contributed by atoms with Gasteiger partial charge >= 0.3 is 5.63 Å². The number of amides is 1. The Hall–Kier alpha value is -4.06. The molecule has 0 aliphatic rings. The first-order valence-corrected chi connectivity index (χ1v) is 8.88. The normalized spacial score (nSPS) is 11.1. The van der Waals surface area contributed by atoms with Gasteiger partial charge in [-0.2, -0.15) is 0 Å². The van der Waals surface area contributed by atoms with Gasteiger partial charge in [0.15, 0.2) is 0 Å². The Balaban J connectivity index is 1.63. The molecule has 0 fully saturated rings. The molecule has 6 heteroatoms. The van der Waals surface area contributed by atoms with Gasteiger partial charge in [0.1, 0.15) is 17.1 Å². The second kappa shape index (κ2) is 7.90. The molecular formula is C23H17NO5. The third-order valence-electron chi connectivity index (χ3n) is 4.34. The fourth-order valence-electron chi connectivity index (χ4n) is 2.97. The highest BCUT2D eigenvalue weighted by Gasteiger charge is 2.13. The highest BCUT2D eigenvalue weighted by molar-refractivity contribution is 6.02. The van der Waals surface area contributed by atoms with Crippen molar-refractivity contribution in [2.24, 2.45) is 0 Å². The number of carbonyl (C=O) groups is 1. The second-order valence-electron chi connectivity index (χ2n) is 6.24. The fourth-order valence-corrected chi connectivity index (χ4v) is 2.97. The zero-order valence-corrected chi connectivity index (χ0v) is 15.5. The summed E-state index contributed by atoms with van der Waals surface area (Å²) < 4.78 is 16.0. The van der Waals surface area contributed by atoms with Crippen LogP contribution in [0.4, 0.5) is 5.69 Å². The van der Waals surface area contributed by atoms with E-state index in [2.05, 4.69) is 5.32 Å². The van der Waals surface area contributed by atoms with Crippen molar-refractivity contribution >= 4 is 28.6 Å². The number of furan rings is 1. The summed E-state index contributed by atoms with van der Waals surface area (Å²) in [6.45, 7) is 0. The van der Waals surface area contributed by atoms with Crippen molar-refractivity contribution in [1.29, 1.82) is 0 Å². The number of nitrogens with one attached hydrogen (secondary N) is 1. The van der Waals surface area contributed by atoms with Crippen LogP contribution in [0.25, 0.3) is 28.2 Å².